The lowest BCUT2D eigenvalue weighted by molar-refractivity contribution is -0.151. The van der Waals surface area contributed by atoms with Crippen LogP contribution < -0.4 is 0 Å². The zero-order chi connectivity index (χ0) is 12.0. The lowest BCUT2D eigenvalue weighted by Gasteiger charge is -2.22. The number of carbonyl (C=O) groups is 2. The van der Waals surface area contributed by atoms with Crippen molar-refractivity contribution < 1.29 is 14.3 Å². The number of unbranched alkanes of at least 4 members (excludes halogenated alkanes) is 1. The van der Waals surface area contributed by atoms with Gasteiger partial charge < -0.3 is 9.64 Å². The number of esters is 1. The van der Waals surface area contributed by atoms with Gasteiger partial charge in [0.25, 0.3) is 0 Å². The van der Waals surface area contributed by atoms with Crippen LogP contribution in [0.4, 0.5) is 0 Å². The van der Waals surface area contributed by atoms with Gasteiger partial charge in [-0.25, -0.2) is 4.79 Å². The monoisotopic (exact) mass is 247 g/mol. The Morgan fingerprint density at radius 3 is 2.81 bits per heavy atom. The van der Waals surface area contributed by atoms with Gasteiger partial charge in [0.15, 0.2) is 0 Å². The second-order valence-electron chi connectivity index (χ2n) is 3.91. The van der Waals surface area contributed by atoms with Crippen molar-refractivity contribution in [3.8, 4) is 0 Å². The molecule has 1 amide bonds. The maximum Gasteiger partial charge on any atom is 0.328 e. The quantitative estimate of drug-likeness (QED) is 0.421. The molecule has 0 unspecified atom stereocenters. The van der Waals surface area contributed by atoms with Crippen LogP contribution in [0.25, 0.3) is 0 Å². The summed E-state index contributed by atoms with van der Waals surface area (Å²) in [6.07, 6.45) is 3.69. The van der Waals surface area contributed by atoms with Crippen molar-refractivity contribution in [2.75, 3.05) is 19.5 Å². The summed E-state index contributed by atoms with van der Waals surface area (Å²) in [7, 11) is 1.36. The van der Waals surface area contributed by atoms with Gasteiger partial charge in [0, 0.05) is 18.8 Å². The highest BCUT2D eigenvalue weighted by Gasteiger charge is 2.34. The van der Waals surface area contributed by atoms with Crippen LogP contribution in [-0.2, 0) is 14.3 Å². The van der Waals surface area contributed by atoms with Gasteiger partial charge in [0.1, 0.15) is 6.04 Å². The van der Waals surface area contributed by atoms with E-state index in [9.17, 15) is 9.59 Å². The smallest absolute Gasteiger partial charge is 0.328 e. The van der Waals surface area contributed by atoms with E-state index in [1.807, 2.05) is 0 Å². The zero-order valence-electron chi connectivity index (χ0n) is 9.58. The molecule has 4 nitrogen and oxygen atoms in total. The van der Waals surface area contributed by atoms with Crippen LogP contribution in [0.1, 0.15) is 32.1 Å². The van der Waals surface area contributed by atoms with E-state index in [1.54, 1.807) is 4.90 Å². The summed E-state index contributed by atoms with van der Waals surface area (Å²) in [6.45, 7) is 0.666. The molecule has 0 bridgehead atoms. The third kappa shape index (κ3) is 3.37. The fourth-order valence-corrected chi connectivity index (χ4v) is 2.15. The van der Waals surface area contributed by atoms with Crippen molar-refractivity contribution in [2.45, 2.75) is 38.1 Å². The Hall–Kier alpha value is -0.770. The van der Waals surface area contributed by atoms with Gasteiger partial charge in [-0.1, -0.05) is 0 Å². The van der Waals surface area contributed by atoms with Gasteiger partial charge in [-0.3, -0.25) is 4.79 Å². The molecule has 1 aliphatic heterocycles. The number of hydrogen-bond donors (Lipinski definition) is 0. The summed E-state index contributed by atoms with van der Waals surface area (Å²) >= 11 is 5.55. The predicted molar refractivity (Wildman–Crippen MR) is 61.3 cm³/mol. The topological polar surface area (TPSA) is 46.6 Å². The van der Waals surface area contributed by atoms with Crippen LogP contribution in [0, 0.1) is 0 Å². The number of likely N-dealkylation sites (tertiary alicyclic amines) is 1. The minimum atomic E-state index is -0.367. The first kappa shape index (κ1) is 13.3. The minimum Gasteiger partial charge on any atom is -0.467 e. The van der Waals surface area contributed by atoms with Crippen molar-refractivity contribution in [3.05, 3.63) is 0 Å². The first-order chi connectivity index (χ1) is 7.70. The number of rotatable bonds is 5. The lowest BCUT2D eigenvalue weighted by Crippen LogP contribution is -2.40. The van der Waals surface area contributed by atoms with E-state index in [1.165, 1.54) is 7.11 Å². The standard InChI is InChI=1S/C11H18ClNO3/c1-16-11(15)9-5-4-8-13(9)10(14)6-2-3-7-12/h9H,2-8H2,1H3/t9-/m0/s1. The average molecular weight is 248 g/mol. The Balaban J connectivity index is 2.44. The molecule has 0 aromatic carbocycles. The minimum absolute atomic E-state index is 0.0398. The molecule has 5 heteroatoms. The maximum atomic E-state index is 11.8. The second-order valence-corrected chi connectivity index (χ2v) is 4.29. The molecular weight excluding hydrogens is 230 g/mol. The summed E-state index contributed by atoms with van der Waals surface area (Å²) < 4.78 is 4.69. The van der Waals surface area contributed by atoms with E-state index in [4.69, 9.17) is 11.6 Å². The Bertz CT molecular complexity index is 258. The highest BCUT2D eigenvalue weighted by molar-refractivity contribution is 6.17. The van der Waals surface area contributed by atoms with Gasteiger partial charge in [0.2, 0.25) is 5.91 Å². The number of hydrogen-bond acceptors (Lipinski definition) is 3. The molecule has 0 saturated carbocycles. The fraction of sp³-hybridized carbons (Fsp3) is 0.818. The van der Waals surface area contributed by atoms with E-state index in [0.717, 1.165) is 19.3 Å². The molecule has 0 aromatic rings. The number of ether oxygens (including phenoxy) is 1. The molecule has 1 heterocycles. The number of halogens is 1. The van der Waals surface area contributed by atoms with Crippen molar-refractivity contribution in [1.29, 1.82) is 0 Å². The Labute approximate surface area is 101 Å². The van der Waals surface area contributed by atoms with Gasteiger partial charge in [-0.15, -0.1) is 11.6 Å². The van der Waals surface area contributed by atoms with E-state index in [2.05, 4.69) is 4.74 Å². The van der Waals surface area contributed by atoms with E-state index < -0.39 is 0 Å². The molecule has 1 fully saturated rings. The molecule has 0 spiro atoms. The molecular formula is C11H18ClNO3. The van der Waals surface area contributed by atoms with Gasteiger partial charge in [0.05, 0.1) is 7.11 Å². The van der Waals surface area contributed by atoms with Crippen molar-refractivity contribution in [2.24, 2.45) is 0 Å². The van der Waals surface area contributed by atoms with Crippen molar-refractivity contribution in [3.63, 3.8) is 0 Å². The summed E-state index contributed by atoms with van der Waals surface area (Å²) in [5.74, 6) is 0.314. The number of alkyl halides is 1. The Kier molecular flexibility index (Phi) is 5.60. The highest BCUT2D eigenvalue weighted by atomic mass is 35.5. The highest BCUT2D eigenvalue weighted by Crippen LogP contribution is 2.20. The molecule has 0 radical (unpaired) electrons. The van der Waals surface area contributed by atoms with Crippen LogP contribution in [0.3, 0.4) is 0 Å². The lowest BCUT2D eigenvalue weighted by atomic mass is 10.2. The molecule has 0 aromatic heterocycles. The third-order valence-electron chi connectivity index (χ3n) is 2.82. The molecule has 1 saturated heterocycles. The first-order valence-electron chi connectivity index (χ1n) is 5.64. The Morgan fingerprint density at radius 2 is 2.19 bits per heavy atom. The third-order valence-corrected chi connectivity index (χ3v) is 3.09. The normalized spacial score (nSPS) is 19.9. The second kappa shape index (κ2) is 6.74. The summed E-state index contributed by atoms with van der Waals surface area (Å²) in [4.78, 5) is 24.9. The summed E-state index contributed by atoms with van der Waals surface area (Å²) in [5.41, 5.74) is 0. The summed E-state index contributed by atoms with van der Waals surface area (Å²) in [5, 5.41) is 0. The Morgan fingerprint density at radius 1 is 1.44 bits per heavy atom. The molecule has 0 aliphatic carbocycles. The van der Waals surface area contributed by atoms with Crippen LogP contribution >= 0.6 is 11.6 Å². The molecule has 1 atom stereocenters. The summed E-state index contributed by atoms with van der Waals surface area (Å²) in [6, 6.07) is -0.367. The van der Waals surface area contributed by atoms with E-state index in [0.29, 0.717) is 25.3 Å². The fourth-order valence-electron chi connectivity index (χ4n) is 1.96. The van der Waals surface area contributed by atoms with E-state index in [-0.39, 0.29) is 17.9 Å². The average Bonchev–Trinajstić information content (AvgIpc) is 2.77. The predicted octanol–water partition coefficient (Wildman–Crippen LogP) is 1.56. The van der Waals surface area contributed by atoms with Gasteiger partial charge in [-0.05, 0) is 25.7 Å². The largest absolute Gasteiger partial charge is 0.467 e. The number of amides is 1. The number of carbonyl (C=O) groups excluding carboxylic acids is 2. The van der Waals surface area contributed by atoms with Crippen LogP contribution in [0.5, 0.6) is 0 Å². The van der Waals surface area contributed by atoms with Gasteiger partial charge >= 0.3 is 5.97 Å². The maximum absolute atomic E-state index is 11.8. The van der Waals surface area contributed by atoms with Crippen LogP contribution in [0.15, 0.2) is 0 Å². The van der Waals surface area contributed by atoms with Gasteiger partial charge in [-0.2, -0.15) is 0 Å². The van der Waals surface area contributed by atoms with Crippen molar-refractivity contribution in [1.82, 2.24) is 4.90 Å². The van der Waals surface area contributed by atoms with Crippen LogP contribution in [-0.4, -0.2) is 42.4 Å². The molecule has 16 heavy (non-hydrogen) atoms. The molecule has 1 rings (SSSR count). The van der Waals surface area contributed by atoms with Crippen molar-refractivity contribution >= 4 is 23.5 Å². The zero-order valence-corrected chi connectivity index (χ0v) is 10.3. The molecule has 92 valence electrons. The number of methoxy groups -OCH3 is 1. The number of nitrogens with zero attached hydrogens (tertiary/aromatic N) is 1. The first-order valence-corrected chi connectivity index (χ1v) is 6.17. The molecule has 1 aliphatic rings. The van der Waals surface area contributed by atoms with Crippen LogP contribution in [0.2, 0.25) is 0 Å². The van der Waals surface area contributed by atoms with E-state index >= 15 is 0 Å². The SMILES string of the molecule is COC(=O)[C@@H]1CCCN1C(=O)CCCCCl. The molecule has 0 N–H and O–H groups in total.